The molecule has 0 bridgehead atoms. The van der Waals surface area contributed by atoms with E-state index in [4.69, 9.17) is 0 Å². The van der Waals surface area contributed by atoms with Crippen LogP contribution in [0.25, 0.3) is 0 Å². The first-order chi connectivity index (χ1) is 8.15. The summed E-state index contributed by atoms with van der Waals surface area (Å²) >= 11 is 0. The topological polar surface area (TPSA) is 32.3 Å². The molecule has 2 atom stereocenters. The summed E-state index contributed by atoms with van der Waals surface area (Å²) in [4.78, 5) is 14.6. The lowest BCUT2D eigenvalue weighted by molar-refractivity contribution is -0.133. The van der Waals surface area contributed by atoms with E-state index in [1.807, 2.05) is 0 Å². The van der Waals surface area contributed by atoms with E-state index in [0.29, 0.717) is 17.9 Å². The van der Waals surface area contributed by atoms with Gasteiger partial charge in [-0.3, -0.25) is 10.1 Å². The predicted octanol–water partition coefficient (Wildman–Crippen LogP) is 2.51. The zero-order valence-corrected chi connectivity index (χ0v) is 11.4. The average Bonchev–Trinajstić information content (AvgIpc) is 2.67. The monoisotopic (exact) mass is 238 g/mol. The molecule has 0 aromatic carbocycles. The number of nitrogens with zero attached hydrogens (tertiary/aromatic N) is 1. The van der Waals surface area contributed by atoms with Crippen LogP contribution in [-0.2, 0) is 4.79 Å². The minimum absolute atomic E-state index is 0.0596. The van der Waals surface area contributed by atoms with Crippen LogP contribution in [0.15, 0.2) is 0 Å². The number of amides is 1. The molecular weight excluding hydrogens is 212 g/mol. The van der Waals surface area contributed by atoms with E-state index in [9.17, 15) is 4.79 Å². The van der Waals surface area contributed by atoms with Crippen LogP contribution in [0.4, 0.5) is 0 Å². The molecule has 0 aromatic rings. The van der Waals surface area contributed by atoms with Crippen molar-refractivity contribution in [1.29, 1.82) is 0 Å². The normalized spacial score (nSPS) is 31.5. The highest BCUT2D eigenvalue weighted by Crippen LogP contribution is 2.29. The number of carbonyl (C=O) groups is 1. The SMILES string of the molecule is CCC1NC(C(C)C)N(C2CCCCC2)C1=O. The van der Waals surface area contributed by atoms with Crippen LogP contribution in [0.5, 0.6) is 0 Å². The van der Waals surface area contributed by atoms with Crippen molar-refractivity contribution in [3.05, 3.63) is 0 Å². The summed E-state index contributed by atoms with van der Waals surface area (Å²) in [5.74, 6) is 0.843. The minimum atomic E-state index is 0.0596. The molecule has 3 nitrogen and oxygen atoms in total. The van der Waals surface area contributed by atoms with E-state index in [2.05, 4.69) is 31.0 Å². The predicted molar refractivity (Wildman–Crippen MR) is 69.6 cm³/mol. The third kappa shape index (κ3) is 2.49. The van der Waals surface area contributed by atoms with Gasteiger partial charge in [-0.05, 0) is 25.2 Å². The van der Waals surface area contributed by atoms with Gasteiger partial charge < -0.3 is 4.90 Å². The molecule has 2 aliphatic rings. The Bertz CT molecular complexity index is 271. The summed E-state index contributed by atoms with van der Waals surface area (Å²) in [5.41, 5.74) is 0. The van der Waals surface area contributed by atoms with Crippen LogP contribution < -0.4 is 5.32 Å². The Morgan fingerprint density at radius 3 is 2.47 bits per heavy atom. The van der Waals surface area contributed by atoms with Crippen molar-refractivity contribution in [2.45, 2.75) is 77.5 Å². The highest BCUT2D eigenvalue weighted by atomic mass is 16.2. The van der Waals surface area contributed by atoms with Crippen molar-refractivity contribution in [3.8, 4) is 0 Å². The molecule has 1 saturated heterocycles. The first-order valence-corrected chi connectivity index (χ1v) is 7.23. The van der Waals surface area contributed by atoms with Crippen LogP contribution in [0.3, 0.4) is 0 Å². The molecule has 1 amide bonds. The van der Waals surface area contributed by atoms with E-state index in [-0.39, 0.29) is 12.2 Å². The molecule has 0 radical (unpaired) electrons. The summed E-state index contributed by atoms with van der Waals surface area (Å²) < 4.78 is 0. The summed E-state index contributed by atoms with van der Waals surface area (Å²) in [6.45, 7) is 6.51. The molecule has 1 saturated carbocycles. The van der Waals surface area contributed by atoms with Crippen molar-refractivity contribution >= 4 is 5.91 Å². The lowest BCUT2D eigenvalue weighted by Gasteiger charge is -2.36. The molecule has 1 aliphatic carbocycles. The van der Waals surface area contributed by atoms with Gasteiger partial charge in [0.2, 0.25) is 5.91 Å². The molecule has 1 N–H and O–H groups in total. The van der Waals surface area contributed by atoms with Crippen LogP contribution in [-0.4, -0.2) is 29.1 Å². The molecule has 2 unspecified atom stereocenters. The van der Waals surface area contributed by atoms with Gasteiger partial charge in [-0.25, -0.2) is 0 Å². The van der Waals surface area contributed by atoms with Crippen LogP contribution in [0, 0.1) is 5.92 Å². The van der Waals surface area contributed by atoms with Crippen LogP contribution in [0.2, 0.25) is 0 Å². The number of rotatable bonds is 3. The smallest absolute Gasteiger partial charge is 0.241 e. The third-order valence-electron chi connectivity index (χ3n) is 4.23. The van der Waals surface area contributed by atoms with Gasteiger partial charge in [0.1, 0.15) is 0 Å². The number of hydrogen-bond acceptors (Lipinski definition) is 2. The Kier molecular flexibility index (Phi) is 4.08. The molecule has 17 heavy (non-hydrogen) atoms. The van der Waals surface area contributed by atoms with Gasteiger partial charge in [0, 0.05) is 6.04 Å². The molecular formula is C14H26N2O. The molecule has 3 heteroatoms. The second-order valence-corrected chi connectivity index (χ2v) is 5.85. The van der Waals surface area contributed by atoms with Gasteiger partial charge in [0.25, 0.3) is 0 Å². The van der Waals surface area contributed by atoms with Crippen LogP contribution in [0.1, 0.15) is 59.3 Å². The van der Waals surface area contributed by atoms with Crippen molar-refractivity contribution in [3.63, 3.8) is 0 Å². The third-order valence-corrected chi connectivity index (χ3v) is 4.23. The fourth-order valence-electron chi connectivity index (χ4n) is 3.25. The van der Waals surface area contributed by atoms with Gasteiger partial charge in [-0.2, -0.15) is 0 Å². The Balaban J connectivity index is 2.12. The second-order valence-electron chi connectivity index (χ2n) is 5.85. The Labute approximate surface area is 105 Å². The maximum absolute atomic E-state index is 12.4. The summed E-state index contributed by atoms with van der Waals surface area (Å²) in [5, 5.41) is 3.51. The molecule has 0 spiro atoms. The van der Waals surface area contributed by atoms with Crippen LogP contribution >= 0.6 is 0 Å². The van der Waals surface area contributed by atoms with Gasteiger partial charge in [0.05, 0.1) is 12.2 Å². The summed E-state index contributed by atoms with van der Waals surface area (Å²) in [6, 6.07) is 0.553. The quantitative estimate of drug-likeness (QED) is 0.819. The average molecular weight is 238 g/mol. The molecule has 1 aliphatic heterocycles. The van der Waals surface area contributed by atoms with E-state index >= 15 is 0 Å². The Hall–Kier alpha value is -0.570. The zero-order chi connectivity index (χ0) is 12.4. The largest absolute Gasteiger partial charge is 0.323 e. The maximum atomic E-state index is 12.4. The van der Waals surface area contributed by atoms with Gasteiger partial charge in [-0.1, -0.05) is 40.0 Å². The van der Waals surface area contributed by atoms with Crippen molar-refractivity contribution in [2.24, 2.45) is 5.92 Å². The lowest BCUT2D eigenvalue weighted by atomic mass is 9.93. The second kappa shape index (κ2) is 5.38. The van der Waals surface area contributed by atoms with E-state index < -0.39 is 0 Å². The highest BCUT2D eigenvalue weighted by molar-refractivity contribution is 5.84. The molecule has 98 valence electrons. The van der Waals surface area contributed by atoms with Gasteiger partial charge in [-0.15, -0.1) is 0 Å². The molecule has 2 fully saturated rings. The fourth-order valence-corrected chi connectivity index (χ4v) is 3.25. The summed E-state index contributed by atoms with van der Waals surface area (Å²) in [7, 11) is 0. The first kappa shape index (κ1) is 12.9. The number of hydrogen-bond donors (Lipinski definition) is 1. The number of carbonyl (C=O) groups excluding carboxylic acids is 1. The molecule has 1 heterocycles. The lowest BCUT2D eigenvalue weighted by Crippen LogP contribution is -2.48. The Morgan fingerprint density at radius 2 is 1.94 bits per heavy atom. The maximum Gasteiger partial charge on any atom is 0.241 e. The molecule has 0 aromatic heterocycles. The van der Waals surface area contributed by atoms with Gasteiger partial charge in [0.15, 0.2) is 0 Å². The number of nitrogens with one attached hydrogen (secondary N) is 1. The van der Waals surface area contributed by atoms with E-state index in [1.54, 1.807) is 0 Å². The Morgan fingerprint density at radius 1 is 1.29 bits per heavy atom. The standard InChI is InChI=1S/C14H26N2O/c1-4-12-14(17)16(13(15-12)10(2)3)11-8-6-5-7-9-11/h10-13,15H,4-9H2,1-3H3. The van der Waals surface area contributed by atoms with Gasteiger partial charge >= 0.3 is 0 Å². The first-order valence-electron chi connectivity index (χ1n) is 7.23. The summed E-state index contributed by atoms with van der Waals surface area (Å²) in [6.07, 6.45) is 7.49. The molecule has 2 rings (SSSR count). The minimum Gasteiger partial charge on any atom is -0.323 e. The van der Waals surface area contributed by atoms with Crippen molar-refractivity contribution in [2.75, 3.05) is 0 Å². The van der Waals surface area contributed by atoms with E-state index in [1.165, 1.54) is 32.1 Å². The van der Waals surface area contributed by atoms with Crippen molar-refractivity contribution < 1.29 is 4.79 Å². The highest BCUT2D eigenvalue weighted by Gasteiger charge is 2.42. The zero-order valence-electron chi connectivity index (χ0n) is 11.4. The van der Waals surface area contributed by atoms with E-state index in [0.717, 1.165) is 6.42 Å². The fraction of sp³-hybridized carbons (Fsp3) is 0.929. The van der Waals surface area contributed by atoms with Crippen molar-refractivity contribution in [1.82, 2.24) is 10.2 Å².